The summed E-state index contributed by atoms with van der Waals surface area (Å²) in [4.78, 5) is 13.8. The normalized spacial score (nSPS) is 14.3. The number of anilines is 1. The number of nitrogens with zero attached hydrogens (tertiary/aromatic N) is 1. The van der Waals surface area contributed by atoms with E-state index in [1.165, 1.54) is 6.07 Å². The lowest BCUT2D eigenvalue weighted by molar-refractivity contribution is 0.209. The van der Waals surface area contributed by atoms with Crippen LogP contribution in [0.3, 0.4) is 0 Å². The van der Waals surface area contributed by atoms with Crippen LogP contribution in [0.15, 0.2) is 18.2 Å². The van der Waals surface area contributed by atoms with Crippen molar-refractivity contribution in [1.29, 1.82) is 0 Å². The van der Waals surface area contributed by atoms with Crippen LogP contribution in [0.2, 0.25) is 0 Å². The van der Waals surface area contributed by atoms with Crippen LogP contribution in [0.25, 0.3) is 0 Å². The van der Waals surface area contributed by atoms with Crippen LogP contribution < -0.4 is 5.32 Å². The SMILES string of the molecule is CCCN(CC1CC1)C(=O)Nc1ccc(F)cc1F. The van der Waals surface area contributed by atoms with Gasteiger partial charge in [-0.2, -0.15) is 0 Å². The van der Waals surface area contributed by atoms with Crippen LogP contribution in [0.4, 0.5) is 19.3 Å². The molecule has 1 aromatic carbocycles. The number of urea groups is 1. The fraction of sp³-hybridized carbons (Fsp3) is 0.500. The topological polar surface area (TPSA) is 32.3 Å². The average molecular weight is 268 g/mol. The third kappa shape index (κ3) is 3.91. The van der Waals surface area contributed by atoms with Gasteiger partial charge in [0.15, 0.2) is 0 Å². The molecule has 1 aliphatic rings. The number of carbonyl (C=O) groups excluding carboxylic acids is 1. The monoisotopic (exact) mass is 268 g/mol. The van der Waals surface area contributed by atoms with Crippen LogP contribution >= 0.6 is 0 Å². The molecule has 1 aromatic rings. The molecule has 2 rings (SSSR count). The van der Waals surface area contributed by atoms with Crippen molar-refractivity contribution in [1.82, 2.24) is 4.90 Å². The minimum Gasteiger partial charge on any atom is -0.324 e. The summed E-state index contributed by atoms with van der Waals surface area (Å²) in [6, 6.07) is 2.81. The van der Waals surface area contributed by atoms with E-state index in [-0.39, 0.29) is 11.7 Å². The molecule has 1 N–H and O–H groups in total. The van der Waals surface area contributed by atoms with Gasteiger partial charge in [0.25, 0.3) is 0 Å². The van der Waals surface area contributed by atoms with Gasteiger partial charge in [-0.3, -0.25) is 0 Å². The summed E-state index contributed by atoms with van der Waals surface area (Å²) >= 11 is 0. The van der Waals surface area contributed by atoms with Crippen molar-refractivity contribution in [2.75, 3.05) is 18.4 Å². The second kappa shape index (κ2) is 5.99. The van der Waals surface area contributed by atoms with Gasteiger partial charge in [-0.05, 0) is 37.3 Å². The van der Waals surface area contributed by atoms with E-state index in [2.05, 4.69) is 5.32 Å². The Morgan fingerprint density at radius 1 is 1.42 bits per heavy atom. The second-order valence-corrected chi connectivity index (χ2v) is 4.94. The van der Waals surface area contributed by atoms with E-state index in [9.17, 15) is 13.6 Å². The number of halogens is 2. The number of rotatable bonds is 5. The lowest BCUT2D eigenvalue weighted by Crippen LogP contribution is -2.37. The first-order valence-electron chi connectivity index (χ1n) is 6.61. The van der Waals surface area contributed by atoms with Crippen molar-refractivity contribution < 1.29 is 13.6 Å². The minimum absolute atomic E-state index is 0.0169. The number of hydrogen-bond donors (Lipinski definition) is 1. The molecule has 0 radical (unpaired) electrons. The fourth-order valence-electron chi connectivity index (χ4n) is 1.94. The smallest absolute Gasteiger partial charge is 0.321 e. The third-order valence-electron chi connectivity index (χ3n) is 3.13. The Bertz CT molecular complexity index is 461. The van der Waals surface area contributed by atoms with Crippen LogP contribution in [-0.2, 0) is 0 Å². The van der Waals surface area contributed by atoms with Crippen molar-refractivity contribution in [3.8, 4) is 0 Å². The second-order valence-electron chi connectivity index (χ2n) is 4.94. The molecular formula is C14H18F2N2O. The quantitative estimate of drug-likeness (QED) is 0.869. The van der Waals surface area contributed by atoms with Crippen molar-refractivity contribution in [2.45, 2.75) is 26.2 Å². The standard InChI is InChI=1S/C14H18F2N2O/c1-2-7-18(9-10-3-4-10)14(19)17-13-6-5-11(15)8-12(13)16/h5-6,8,10H,2-4,7,9H2,1H3,(H,17,19). The zero-order valence-corrected chi connectivity index (χ0v) is 11.0. The van der Waals surface area contributed by atoms with Gasteiger partial charge in [0, 0.05) is 19.2 Å². The van der Waals surface area contributed by atoms with E-state index in [1.54, 1.807) is 4.90 Å². The van der Waals surface area contributed by atoms with Gasteiger partial charge >= 0.3 is 6.03 Å². The van der Waals surface area contributed by atoms with Gasteiger partial charge in [0.1, 0.15) is 11.6 Å². The summed E-state index contributed by atoms with van der Waals surface area (Å²) in [6.07, 6.45) is 3.16. The molecule has 2 amide bonds. The molecular weight excluding hydrogens is 250 g/mol. The number of nitrogens with one attached hydrogen (secondary N) is 1. The molecule has 1 aliphatic carbocycles. The molecule has 3 nitrogen and oxygen atoms in total. The largest absolute Gasteiger partial charge is 0.324 e. The maximum atomic E-state index is 13.5. The summed E-state index contributed by atoms with van der Waals surface area (Å²) in [5.41, 5.74) is 0.0169. The molecule has 0 unspecified atom stereocenters. The predicted octanol–water partition coefficient (Wildman–Crippen LogP) is 3.62. The van der Waals surface area contributed by atoms with Crippen molar-refractivity contribution in [3.05, 3.63) is 29.8 Å². The zero-order valence-electron chi connectivity index (χ0n) is 11.0. The Morgan fingerprint density at radius 3 is 2.74 bits per heavy atom. The van der Waals surface area contributed by atoms with E-state index in [1.807, 2.05) is 6.92 Å². The molecule has 0 aromatic heterocycles. The molecule has 0 bridgehead atoms. The average Bonchev–Trinajstić information content (AvgIpc) is 3.16. The van der Waals surface area contributed by atoms with E-state index in [4.69, 9.17) is 0 Å². The van der Waals surface area contributed by atoms with E-state index < -0.39 is 11.6 Å². The highest BCUT2D eigenvalue weighted by molar-refractivity contribution is 5.89. The lowest BCUT2D eigenvalue weighted by atomic mass is 10.3. The Hall–Kier alpha value is -1.65. The van der Waals surface area contributed by atoms with Gasteiger partial charge in [-0.1, -0.05) is 6.92 Å². The maximum absolute atomic E-state index is 13.5. The van der Waals surface area contributed by atoms with E-state index in [0.29, 0.717) is 19.0 Å². The molecule has 104 valence electrons. The fourth-order valence-corrected chi connectivity index (χ4v) is 1.94. The lowest BCUT2D eigenvalue weighted by Gasteiger charge is -2.22. The highest BCUT2D eigenvalue weighted by Crippen LogP contribution is 2.30. The van der Waals surface area contributed by atoms with Gasteiger partial charge in [-0.25, -0.2) is 13.6 Å². The third-order valence-corrected chi connectivity index (χ3v) is 3.13. The summed E-state index contributed by atoms with van der Waals surface area (Å²) < 4.78 is 26.2. The van der Waals surface area contributed by atoms with Crippen molar-refractivity contribution >= 4 is 11.7 Å². The van der Waals surface area contributed by atoms with Crippen LogP contribution in [0, 0.1) is 17.6 Å². The highest BCUT2D eigenvalue weighted by Gasteiger charge is 2.26. The highest BCUT2D eigenvalue weighted by atomic mass is 19.1. The molecule has 0 spiro atoms. The molecule has 1 saturated carbocycles. The Morgan fingerprint density at radius 2 is 2.16 bits per heavy atom. The first-order chi connectivity index (χ1) is 9.10. The number of amides is 2. The molecule has 0 saturated heterocycles. The summed E-state index contributed by atoms with van der Waals surface area (Å²) in [6.45, 7) is 3.35. The van der Waals surface area contributed by atoms with Gasteiger partial charge < -0.3 is 10.2 Å². The van der Waals surface area contributed by atoms with Gasteiger partial charge in [0.05, 0.1) is 5.69 Å². The van der Waals surface area contributed by atoms with E-state index in [0.717, 1.165) is 31.4 Å². The molecule has 0 atom stereocenters. The number of benzene rings is 1. The van der Waals surface area contributed by atoms with Crippen molar-refractivity contribution in [2.24, 2.45) is 5.92 Å². The Kier molecular flexibility index (Phi) is 4.35. The molecule has 19 heavy (non-hydrogen) atoms. The summed E-state index contributed by atoms with van der Waals surface area (Å²) in [7, 11) is 0. The Labute approximate surface area is 111 Å². The van der Waals surface area contributed by atoms with Crippen molar-refractivity contribution in [3.63, 3.8) is 0 Å². The molecule has 5 heteroatoms. The van der Waals surface area contributed by atoms with Crippen LogP contribution in [0.1, 0.15) is 26.2 Å². The first-order valence-corrected chi connectivity index (χ1v) is 6.61. The minimum atomic E-state index is -0.753. The van der Waals surface area contributed by atoms with Gasteiger partial charge in [-0.15, -0.1) is 0 Å². The first kappa shape index (κ1) is 13.8. The molecule has 0 heterocycles. The number of hydrogen-bond acceptors (Lipinski definition) is 1. The van der Waals surface area contributed by atoms with Gasteiger partial charge in [0.2, 0.25) is 0 Å². The summed E-state index contributed by atoms with van der Waals surface area (Å²) in [5, 5.41) is 2.50. The van der Waals surface area contributed by atoms with Crippen LogP contribution in [-0.4, -0.2) is 24.0 Å². The Balaban J connectivity index is 2.00. The predicted molar refractivity (Wildman–Crippen MR) is 70.0 cm³/mol. The zero-order chi connectivity index (χ0) is 13.8. The molecule has 1 fully saturated rings. The summed E-state index contributed by atoms with van der Waals surface area (Å²) in [5.74, 6) is -0.828. The number of carbonyl (C=O) groups is 1. The molecule has 0 aliphatic heterocycles. The van der Waals surface area contributed by atoms with E-state index >= 15 is 0 Å². The van der Waals surface area contributed by atoms with Crippen LogP contribution in [0.5, 0.6) is 0 Å². The maximum Gasteiger partial charge on any atom is 0.321 e.